The summed E-state index contributed by atoms with van der Waals surface area (Å²) < 4.78 is 14.1. The van der Waals surface area contributed by atoms with Crippen molar-refractivity contribution in [3.8, 4) is 0 Å². The summed E-state index contributed by atoms with van der Waals surface area (Å²) in [6.07, 6.45) is 0.676. The van der Waals surface area contributed by atoms with Crippen molar-refractivity contribution in [2.75, 3.05) is 11.9 Å². The molecule has 0 fully saturated rings. The maximum atomic E-state index is 13.1. The van der Waals surface area contributed by atoms with E-state index in [9.17, 15) is 9.18 Å². The van der Waals surface area contributed by atoms with Crippen LogP contribution in [0.3, 0.4) is 0 Å². The van der Waals surface area contributed by atoms with Crippen LogP contribution in [0.2, 0.25) is 0 Å². The van der Waals surface area contributed by atoms with Gasteiger partial charge in [0, 0.05) is 29.3 Å². The monoisotopic (exact) mass is 321 g/mol. The van der Waals surface area contributed by atoms with Crippen molar-refractivity contribution in [1.82, 2.24) is 0 Å². The van der Waals surface area contributed by atoms with Crippen LogP contribution in [0.5, 0.6) is 0 Å². The molecule has 0 saturated heterocycles. The molecule has 2 nitrogen and oxygen atoms in total. The number of hydrogen-bond donors (Lipinski definition) is 0. The molecule has 0 aromatic heterocycles. The predicted molar refractivity (Wildman–Crippen MR) is 78.0 cm³/mol. The molecule has 0 N–H and O–H groups in total. The van der Waals surface area contributed by atoms with Gasteiger partial charge in [-0.25, -0.2) is 4.39 Å². The van der Waals surface area contributed by atoms with Crippen LogP contribution in [0, 0.1) is 5.82 Å². The van der Waals surface area contributed by atoms with E-state index in [0.29, 0.717) is 18.4 Å². The van der Waals surface area contributed by atoms with Gasteiger partial charge in [-0.3, -0.25) is 4.79 Å². The highest BCUT2D eigenvalue weighted by Crippen LogP contribution is 2.22. The van der Waals surface area contributed by atoms with E-state index in [1.807, 2.05) is 36.2 Å². The third kappa shape index (κ3) is 3.41. The minimum atomic E-state index is -0.401. The average Bonchev–Trinajstić information content (AvgIpc) is 2.38. The van der Waals surface area contributed by atoms with Crippen molar-refractivity contribution < 1.29 is 9.18 Å². The van der Waals surface area contributed by atoms with Gasteiger partial charge >= 0.3 is 0 Å². The van der Waals surface area contributed by atoms with E-state index < -0.39 is 5.82 Å². The summed E-state index contributed by atoms with van der Waals surface area (Å²) in [5.74, 6) is -0.401. The lowest BCUT2D eigenvalue weighted by molar-refractivity contribution is 0.112. The number of halogens is 2. The summed E-state index contributed by atoms with van der Waals surface area (Å²) in [5, 5.41) is 0. The molecule has 4 heteroatoms. The van der Waals surface area contributed by atoms with Crippen LogP contribution in [0.15, 0.2) is 46.9 Å². The standard InChI is InChI=1S/C15H13BrFNO/c1-18(9-11-3-2-4-13(16)7-11)15-6-5-14(17)8-12(15)10-19/h2-8,10H,9H2,1H3. The van der Waals surface area contributed by atoms with Crippen molar-refractivity contribution in [1.29, 1.82) is 0 Å². The quantitative estimate of drug-likeness (QED) is 0.792. The second kappa shape index (κ2) is 5.97. The molecule has 0 spiro atoms. The largest absolute Gasteiger partial charge is 0.370 e. The molecular formula is C15H13BrFNO. The zero-order valence-electron chi connectivity index (χ0n) is 10.4. The Morgan fingerprint density at radius 3 is 2.74 bits per heavy atom. The Balaban J connectivity index is 2.24. The van der Waals surface area contributed by atoms with Crippen molar-refractivity contribution >= 4 is 27.9 Å². The summed E-state index contributed by atoms with van der Waals surface area (Å²) >= 11 is 3.42. The fourth-order valence-corrected chi connectivity index (χ4v) is 2.41. The first kappa shape index (κ1) is 13.7. The first-order valence-corrected chi connectivity index (χ1v) is 6.60. The number of rotatable bonds is 4. The van der Waals surface area contributed by atoms with Crippen molar-refractivity contribution in [2.24, 2.45) is 0 Å². The van der Waals surface area contributed by atoms with Gasteiger partial charge in [0.15, 0.2) is 6.29 Å². The van der Waals surface area contributed by atoms with Crippen LogP contribution in [0.25, 0.3) is 0 Å². The van der Waals surface area contributed by atoms with Crippen molar-refractivity contribution in [3.63, 3.8) is 0 Å². The third-order valence-electron chi connectivity index (χ3n) is 2.84. The van der Waals surface area contributed by atoms with Crippen LogP contribution in [-0.2, 0) is 6.54 Å². The molecule has 0 aliphatic rings. The van der Waals surface area contributed by atoms with Gasteiger partial charge in [-0.05, 0) is 35.9 Å². The summed E-state index contributed by atoms with van der Waals surface area (Å²) in [6.45, 7) is 0.645. The Hall–Kier alpha value is -1.68. The Labute approximate surface area is 120 Å². The normalized spacial score (nSPS) is 10.3. The fraction of sp³-hybridized carbons (Fsp3) is 0.133. The lowest BCUT2D eigenvalue weighted by Crippen LogP contribution is -2.18. The van der Waals surface area contributed by atoms with Gasteiger partial charge in [0.1, 0.15) is 5.82 Å². The molecule has 0 saturated carbocycles. The molecule has 2 rings (SSSR count). The smallest absolute Gasteiger partial charge is 0.152 e. The average molecular weight is 322 g/mol. The third-order valence-corrected chi connectivity index (χ3v) is 3.33. The van der Waals surface area contributed by atoms with E-state index in [-0.39, 0.29) is 0 Å². The van der Waals surface area contributed by atoms with Crippen LogP contribution >= 0.6 is 15.9 Å². The minimum Gasteiger partial charge on any atom is -0.370 e. The van der Waals surface area contributed by atoms with E-state index in [0.717, 1.165) is 15.7 Å². The van der Waals surface area contributed by atoms with Crippen LogP contribution < -0.4 is 4.90 Å². The summed E-state index contributed by atoms with van der Waals surface area (Å²) in [6, 6.07) is 12.2. The molecular weight excluding hydrogens is 309 g/mol. The Morgan fingerprint density at radius 1 is 1.26 bits per heavy atom. The second-order valence-corrected chi connectivity index (χ2v) is 5.22. The topological polar surface area (TPSA) is 20.3 Å². The van der Waals surface area contributed by atoms with E-state index in [4.69, 9.17) is 0 Å². The maximum absolute atomic E-state index is 13.1. The van der Waals surface area contributed by atoms with Gasteiger partial charge in [-0.1, -0.05) is 28.1 Å². The van der Waals surface area contributed by atoms with Gasteiger partial charge in [-0.2, -0.15) is 0 Å². The highest BCUT2D eigenvalue weighted by Gasteiger charge is 2.09. The summed E-state index contributed by atoms with van der Waals surface area (Å²) in [5.41, 5.74) is 2.19. The van der Waals surface area contributed by atoms with Crippen molar-refractivity contribution in [2.45, 2.75) is 6.54 Å². The molecule has 0 heterocycles. The summed E-state index contributed by atoms with van der Waals surface area (Å²) in [7, 11) is 1.88. The maximum Gasteiger partial charge on any atom is 0.152 e. The highest BCUT2D eigenvalue weighted by molar-refractivity contribution is 9.10. The molecule has 0 aliphatic heterocycles. The SMILES string of the molecule is CN(Cc1cccc(Br)c1)c1ccc(F)cc1C=O. The van der Waals surface area contributed by atoms with Gasteiger partial charge in [0.2, 0.25) is 0 Å². The number of carbonyl (C=O) groups is 1. The van der Waals surface area contributed by atoms with Crippen LogP contribution in [0.1, 0.15) is 15.9 Å². The molecule has 2 aromatic carbocycles. The van der Waals surface area contributed by atoms with Gasteiger partial charge in [0.05, 0.1) is 0 Å². The van der Waals surface area contributed by atoms with Gasteiger partial charge < -0.3 is 4.90 Å². The number of carbonyl (C=O) groups excluding carboxylic acids is 1. The highest BCUT2D eigenvalue weighted by atomic mass is 79.9. The second-order valence-electron chi connectivity index (χ2n) is 4.31. The molecule has 0 amide bonds. The minimum absolute atomic E-state index is 0.359. The van der Waals surface area contributed by atoms with Gasteiger partial charge in [0.25, 0.3) is 0 Å². The van der Waals surface area contributed by atoms with Gasteiger partial charge in [-0.15, -0.1) is 0 Å². The fourth-order valence-electron chi connectivity index (χ4n) is 1.96. The molecule has 0 radical (unpaired) electrons. The molecule has 98 valence electrons. The number of anilines is 1. The molecule has 19 heavy (non-hydrogen) atoms. The lowest BCUT2D eigenvalue weighted by Gasteiger charge is -2.21. The first-order valence-electron chi connectivity index (χ1n) is 5.80. The number of aldehydes is 1. The number of hydrogen-bond acceptors (Lipinski definition) is 2. The first-order chi connectivity index (χ1) is 9.10. The number of nitrogens with zero attached hydrogens (tertiary/aromatic N) is 1. The Kier molecular flexibility index (Phi) is 4.32. The van der Waals surface area contributed by atoms with E-state index in [1.54, 1.807) is 6.07 Å². The van der Waals surface area contributed by atoms with E-state index >= 15 is 0 Å². The molecule has 0 aliphatic carbocycles. The van der Waals surface area contributed by atoms with Crippen molar-refractivity contribution in [3.05, 3.63) is 63.9 Å². The zero-order chi connectivity index (χ0) is 13.8. The number of benzene rings is 2. The molecule has 0 atom stereocenters. The Morgan fingerprint density at radius 2 is 2.05 bits per heavy atom. The van der Waals surface area contributed by atoms with E-state index in [2.05, 4.69) is 15.9 Å². The molecule has 2 aromatic rings. The Bertz CT molecular complexity index is 600. The summed E-state index contributed by atoms with van der Waals surface area (Å²) in [4.78, 5) is 12.9. The van der Waals surface area contributed by atoms with E-state index in [1.165, 1.54) is 12.1 Å². The molecule has 0 bridgehead atoms. The zero-order valence-corrected chi connectivity index (χ0v) is 12.0. The lowest BCUT2D eigenvalue weighted by atomic mass is 10.1. The predicted octanol–water partition coefficient (Wildman–Crippen LogP) is 4.04. The molecule has 0 unspecified atom stereocenters. The van der Waals surface area contributed by atoms with Crippen LogP contribution in [-0.4, -0.2) is 13.3 Å². The van der Waals surface area contributed by atoms with Crippen LogP contribution in [0.4, 0.5) is 10.1 Å².